The molecule has 96 valence electrons. The molecule has 0 amide bonds. The molecule has 0 saturated carbocycles. The van der Waals surface area contributed by atoms with Gasteiger partial charge in [0.05, 0.1) is 11.4 Å². The summed E-state index contributed by atoms with van der Waals surface area (Å²) < 4.78 is 5.29. The van der Waals surface area contributed by atoms with Gasteiger partial charge in [-0.1, -0.05) is 11.2 Å². The van der Waals surface area contributed by atoms with E-state index in [1.165, 1.54) is 0 Å². The fourth-order valence-electron chi connectivity index (χ4n) is 2.12. The first-order chi connectivity index (χ1) is 8.83. The molecule has 0 aliphatic carbocycles. The fourth-order valence-corrected chi connectivity index (χ4v) is 2.76. The van der Waals surface area contributed by atoms with Gasteiger partial charge in [0, 0.05) is 25.7 Å². The van der Waals surface area contributed by atoms with Crippen molar-refractivity contribution in [3.8, 4) is 10.8 Å². The summed E-state index contributed by atoms with van der Waals surface area (Å²) in [6.07, 6.45) is 0. The first-order valence-electron chi connectivity index (χ1n) is 6.14. The molecule has 0 aromatic carbocycles. The highest BCUT2D eigenvalue weighted by atomic mass is 32.1. The largest absolute Gasteiger partial charge is 0.333 e. The topological polar surface area (TPSA) is 54.2 Å². The molecule has 1 aliphatic rings. The molecule has 3 rings (SSSR count). The van der Waals surface area contributed by atoms with Crippen molar-refractivity contribution in [1.29, 1.82) is 0 Å². The third-order valence-electron chi connectivity index (χ3n) is 3.18. The van der Waals surface area contributed by atoms with Crippen LogP contribution in [-0.2, 0) is 6.54 Å². The molecular weight excluding hydrogens is 248 g/mol. The van der Waals surface area contributed by atoms with Crippen molar-refractivity contribution in [3.63, 3.8) is 0 Å². The maximum atomic E-state index is 5.29. The Morgan fingerprint density at radius 1 is 1.61 bits per heavy atom. The van der Waals surface area contributed by atoms with Crippen molar-refractivity contribution >= 4 is 11.3 Å². The predicted octanol–water partition coefficient (Wildman–Crippen LogP) is 1.59. The molecule has 2 aromatic rings. The van der Waals surface area contributed by atoms with Gasteiger partial charge < -0.3 is 9.84 Å². The third kappa shape index (κ3) is 2.45. The van der Waals surface area contributed by atoms with Crippen LogP contribution in [0.4, 0.5) is 0 Å². The molecule has 5 nitrogen and oxygen atoms in total. The Hall–Kier alpha value is -1.24. The van der Waals surface area contributed by atoms with Gasteiger partial charge in [0.1, 0.15) is 0 Å². The average Bonchev–Trinajstić information content (AvgIpc) is 3.02. The fraction of sp³-hybridized carbons (Fsp3) is 0.500. The highest BCUT2D eigenvalue weighted by molar-refractivity contribution is 7.13. The molecule has 0 unspecified atom stereocenters. The molecule has 0 radical (unpaired) electrons. The minimum absolute atomic E-state index is 0.516. The lowest BCUT2D eigenvalue weighted by molar-refractivity contribution is 0.160. The van der Waals surface area contributed by atoms with Crippen LogP contribution in [0.5, 0.6) is 0 Å². The van der Waals surface area contributed by atoms with Crippen LogP contribution < -0.4 is 5.32 Å². The summed E-state index contributed by atoms with van der Waals surface area (Å²) in [6, 6.07) is 4.50. The lowest BCUT2D eigenvalue weighted by atomic mass is 10.2. The molecule has 2 aromatic heterocycles. The van der Waals surface area contributed by atoms with Crippen LogP contribution in [-0.4, -0.2) is 40.7 Å². The minimum atomic E-state index is 0.516. The summed E-state index contributed by atoms with van der Waals surface area (Å²) in [7, 11) is 0. The Morgan fingerprint density at radius 2 is 2.56 bits per heavy atom. The van der Waals surface area contributed by atoms with E-state index in [9.17, 15) is 0 Å². The van der Waals surface area contributed by atoms with Crippen LogP contribution in [0.25, 0.3) is 10.8 Å². The molecule has 6 heteroatoms. The summed E-state index contributed by atoms with van der Waals surface area (Å²) in [6.45, 7) is 6.06. The summed E-state index contributed by atoms with van der Waals surface area (Å²) in [5.74, 6) is 1.40. The molecule has 1 N–H and O–H groups in total. The van der Waals surface area contributed by atoms with E-state index < -0.39 is 0 Å². The molecule has 1 fully saturated rings. The molecule has 1 aliphatic heterocycles. The third-order valence-corrected chi connectivity index (χ3v) is 4.04. The standard InChI is InChI=1S/C12H16N4OS/c1-9-7-13-4-5-16(9)8-11-14-12(17-15-11)10-3-2-6-18-10/h2-3,6,9,13H,4-5,7-8H2,1H3/t9-/m1/s1. The van der Waals surface area contributed by atoms with E-state index >= 15 is 0 Å². The van der Waals surface area contributed by atoms with Crippen LogP contribution in [0.2, 0.25) is 0 Å². The highest BCUT2D eigenvalue weighted by Crippen LogP contribution is 2.22. The Balaban J connectivity index is 1.70. The van der Waals surface area contributed by atoms with Crippen LogP contribution in [0.15, 0.2) is 22.0 Å². The molecular formula is C12H16N4OS. The van der Waals surface area contributed by atoms with E-state index in [4.69, 9.17) is 4.52 Å². The van der Waals surface area contributed by atoms with Crippen molar-refractivity contribution in [2.75, 3.05) is 19.6 Å². The monoisotopic (exact) mass is 264 g/mol. The predicted molar refractivity (Wildman–Crippen MR) is 70.4 cm³/mol. The van der Waals surface area contributed by atoms with Crippen LogP contribution in [0.3, 0.4) is 0 Å². The quantitative estimate of drug-likeness (QED) is 0.912. The first kappa shape index (κ1) is 11.8. The second kappa shape index (κ2) is 5.17. The van der Waals surface area contributed by atoms with Crippen LogP contribution in [0.1, 0.15) is 12.7 Å². The molecule has 0 spiro atoms. The summed E-state index contributed by atoms with van der Waals surface area (Å²) in [4.78, 5) is 7.86. The van der Waals surface area contributed by atoms with E-state index in [1.807, 2.05) is 17.5 Å². The number of hydrogen-bond donors (Lipinski definition) is 1. The van der Waals surface area contributed by atoms with Gasteiger partial charge in [-0.2, -0.15) is 4.98 Å². The van der Waals surface area contributed by atoms with E-state index in [1.54, 1.807) is 11.3 Å². The van der Waals surface area contributed by atoms with E-state index in [0.29, 0.717) is 11.9 Å². The lowest BCUT2D eigenvalue weighted by Crippen LogP contribution is -2.49. The van der Waals surface area contributed by atoms with Gasteiger partial charge in [0.15, 0.2) is 5.82 Å². The van der Waals surface area contributed by atoms with Crippen molar-refractivity contribution in [3.05, 3.63) is 23.3 Å². The number of thiophene rings is 1. The lowest BCUT2D eigenvalue weighted by Gasteiger charge is -2.32. The summed E-state index contributed by atoms with van der Waals surface area (Å²) in [5, 5.41) is 9.44. The maximum Gasteiger partial charge on any atom is 0.268 e. The zero-order valence-electron chi connectivity index (χ0n) is 10.3. The zero-order valence-corrected chi connectivity index (χ0v) is 11.1. The van der Waals surface area contributed by atoms with Crippen LogP contribution >= 0.6 is 11.3 Å². The normalized spacial score (nSPS) is 21.3. The Bertz CT molecular complexity index is 496. The van der Waals surface area contributed by atoms with Crippen molar-refractivity contribution in [1.82, 2.24) is 20.4 Å². The van der Waals surface area contributed by atoms with Gasteiger partial charge in [-0.25, -0.2) is 0 Å². The average molecular weight is 264 g/mol. The Labute approximate surface area is 110 Å². The van der Waals surface area contributed by atoms with Gasteiger partial charge in [-0.3, -0.25) is 4.90 Å². The number of nitrogens with one attached hydrogen (secondary N) is 1. The Morgan fingerprint density at radius 3 is 3.33 bits per heavy atom. The number of rotatable bonds is 3. The van der Waals surface area contributed by atoms with E-state index in [2.05, 4.69) is 27.3 Å². The highest BCUT2D eigenvalue weighted by Gasteiger charge is 2.20. The molecule has 0 bridgehead atoms. The summed E-state index contributed by atoms with van der Waals surface area (Å²) in [5.41, 5.74) is 0. The Kier molecular flexibility index (Phi) is 3.40. The number of piperazine rings is 1. The van der Waals surface area contributed by atoms with E-state index in [-0.39, 0.29) is 0 Å². The van der Waals surface area contributed by atoms with Crippen molar-refractivity contribution < 1.29 is 4.52 Å². The van der Waals surface area contributed by atoms with Crippen molar-refractivity contribution in [2.45, 2.75) is 19.5 Å². The van der Waals surface area contributed by atoms with Gasteiger partial charge in [0.2, 0.25) is 0 Å². The SMILES string of the molecule is C[C@@H]1CNCCN1Cc1noc(-c2cccs2)n1. The number of nitrogens with zero attached hydrogens (tertiary/aromatic N) is 3. The molecule has 1 saturated heterocycles. The van der Waals surface area contributed by atoms with Gasteiger partial charge in [0.25, 0.3) is 5.89 Å². The van der Waals surface area contributed by atoms with E-state index in [0.717, 1.165) is 36.9 Å². The van der Waals surface area contributed by atoms with Crippen molar-refractivity contribution in [2.24, 2.45) is 0 Å². The molecule has 3 heterocycles. The maximum absolute atomic E-state index is 5.29. The molecule has 1 atom stereocenters. The zero-order chi connectivity index (χ0) is 12.4. The number of aromatic nitrogens is 2. The van der Waals surface area contributed by atoms with Crippen LogP contribution in [0, 0.1) is 0 Å². The second-order valence-electron chi connectivity index (χ2n) is 4.52. The van der Waals surface area contributed by atoms with Gasteiger partial charge >= 0.3 is 0 Å². The first-order valence-corrected chi connectivity index (χ1v) is 7.02. The second-order valence-corrected chi connectivity index (χ2v) is 5.46. The van der Waals surface area contributed by atoms with Gasteiger partial charge in [-0.15, -0.1) is 11.3 Å². The summed E-state index contributed by atoms with van der Waals surface area (Å²) >= 11 is 1.62. The molecule has 18 heavy (non-hydrogen) atoms. The minimum Gasteiger partial charge on any atom is -0.333 e. The number of hydrogen-bond acceptors (Lipinski definition) is 6. The van der Waals surface area contributed by atoms with Gasteiger partial charge in [-0.05, 0) is 18.4 Å². The smallest absolute Gasteiger partial charge is 0.268 e.